The lowest BCUT2D eigenvalue weighted by atomic mass is 10.0. The number of H-pyrrole nitrogens is 1. The van der Waals surface area contributed by atoms with Gasteiger partial charge in [0.05, 0.1) is 45.0 Å². The second-order valence-corrected chi connectivity index (χ2v) is 24.5. The van der Waals surface area contributed by atoms with E-state index in [9.17, 15) is 23.6 Å². The zero-order valence-corrected chi connectivity index (χ0v) is 52.7. The van der Waals surface area contributed by atoms with Crippen LogP contribution in [0.15, 0.2) is 128 Å². The molecule has 5 aromatic carbocycles. The lowest BCUT2D eigenvalue weighted by molar-refractivity contribution is -0.138. The quantitative estimate of drug-likeness (QED) is 0.0333. The van der Waals surface area contributed by atoms with Gasteiger partial charge in [-0.2, -0.15) is 0 Å². The molecule has 3 aliphatic carbocycles. The molecule has 3 saturated carbocycles. The zero-order valence-electron chi connectivity index (χ0n) is 52.7. The molecule has 5 heterocycles. The summed E-state index contributed by atoms with van der Waals surface area (Å²) in [5.41, 5.74) is 30.9. The number of hydrogen-bond donors (Lipinski definition) is 8. The number of benzene rings is 5. The Bertz CT molecular complexity index is 3700. The molecular weight excluding hydrogens is 1190 g/mol. The van der Waals surface area contributed by atoms with Crippen molar-refractivity contribution in [2.45, 2.75) is 108 Å². The summed E-state index contributed by atoms with van der Waals surface area (Å²) in [6.45, 7) is 3.90. The van der Waals surface area contributed by atoms with Gasteiger partial charge < -0.3 is 76.7 Å². The van der Waals surface area contributed by atoms with E-state index < -0.39 is 24.8 Å². The molecule has 490 valence electrons. The molecule has 93 heavy (non-hydrogen) atoms. The van der Waals surface area contributed by atoms with Gasteiger partial charge in [-0.3, -0.25) is 24.2 Å². The van der Waals surface area contributed by atoms with Gasteiger partial charge in [-0.15, -0.1) is 0 Å². The van der Waals surface area contributed by atoms with Crippen molar-refractivity contribution in [3.8, 4) is 50.8 Å². The van der Waals surface area contributed by atoms with Gasteiger partial charge in [0.2, 0.25) is 23.6 Å². The molecule has 21 nitrogen and oxygen atoms in total. The number of aromatic amines is 1. The molecule has 22 heteroatoms. The van der Waals surface area contributed by atoms with Crippen LogP contribution in [0.1, 0.15) is 86.1 Å². The molecule has 7 aromatic rings. The summed E-state index contributed by atoms with van der Waals surface area (Å²) in [6.07, 6.45) is 11.2. The SMILES string of the molecule is CO[C@H]1CCN(c2ccc(-c3cccc(NC(=O)C4CC4)c3)cc2CN)C1.COc1cc(-c2cc(NC(=O)C3CC3)ccn2)cc(CN)c1OC1CCOCC1.NCc1cc(-c2cccc(NC(=O)C3CC3c3cnc[nH]3)c2)ccc1O[C@H]1CCN(C(=O)CO)C[C@H]1F. The van der Waals surface area contributed by atoms with Gasteiger partial charge in [0, 0.05) is 147 Å². The monoisotopic (exact) mass is 1270 g/mol. The molecule has 11 N–H and O–H groups in total. The first-order valence-corrected chi connectivity index (χ1v) is 32.2. The highest BCUT2D eigenvalue weighted by Gasteiger charge is 2.45. The minimum Gasteiger partial charge on any atom is -0.493 e. The van der Waals surface area contributed by atoms with E-state index in [4.69, 9.17) is 46.0 Å². The summed E-state index contributed by atoms with van der Waals surface area (Å²) in [4.78, 5) is 63.7. The molecule has 4 amide bonds. The van der Waals surface area contributed by atoms with Crippen LogP contribution >= 0.6 is 0 Å². The Morgan fingerprint density at radius 3 is 1.89 bits per heavy atom. The first-order chi connectivity index (χ1) is 45.3. The van der Waals surface area contributed by atoms with Crippen molar-refractivity contribution in [2.75, 3.05) is 81.1 Å². The number of likely N-dealkylation sites (tertiary alicyclic amines) is 1. The molecular formula is C71H84FN11O10. The van der Waals surface area contributed by atoms with Crippen molar-refractivity contribution in [3.05, 3.63) is 150 Å². The van der Waals surface area contributed by atoms with E-state index in [2.05, 4.69) is 60.1 Å². The fourth-order valence-corrected chi connectivity index (χ4v) is 12.1. The minimum absolute atomic E-state index is 0.0179. The highest BCUT2D eigenvalue weighted by Crippen LogP contribution is 2.47. The summed E-state index contributed by atoms with van der Waals surface area (Å²) in [6, 6.07) is 35.2. The lowest BCUT2D eigenvalue weighted by Crippen LogP contribution is -2.50. The number of piperidine rings is 1. The number of imidazole rings is 1. The van der Waals surface area contributed by atoms with Crippen LogP contribution in [0, 0.1) is 17.8 Å². The van der Waals surface area contributed by atoms with Crippen LogP contribution in [0.5, 0.6) is 17.2 Å². The second-order valence-electron chi connectivity index (χ2n) is 24.5. The summed E-state index contributed by atoms with van der Waals surface area (Å²) in [5.74, 6) is 1.97. The van der Waals surface area contributed by atoms with Gasteiger partial charge in [0.1, 0.15) is 24.6 Å². The third-order valence-corrected chi connectivity index (χ3v) is 17.9. The van der Waals surface area contributed by atoms with Crippen LogP contribution in [-0.2, 0) is 48.3 Å². The number of nitrogens with one attached hydrogen (secondary N) is 4. The smallest absolute Gasteiger partial charge is 0.248 e. The topological polar surface area (TPSA) is 297 Å². The largest absolute Gasteiger partial charge is 0.493 e. The van der Waals surface area contributed by atoms with Crippen LogP contribution in [0.2, 0.25) is 0 Å². The molecule has 2 aromatic heterocycles. The summed E-state index contributed by atoms with van der Waals surface area (Å²) in [5, 5.41) is 18.0. The third-order valence-electron chi connectivity index (χ3n) is 17.9. The maximum atomic E-state index is 14.7. The maximum Gasteiger partial charge on any atom is 0.248 e. The number of aliphatic hydroxyl groups excluding tert-OH is 1. The number of alkyl halides is 1. The number of carbonyl (C=O) groups is 4. The highest BCUT2D eigenvalue weighted by molar-refractivity contribution is 5.96. The Labute approximate surface area is 541 Å². The van der Waals surface area contributed by atoms with Gasteiger partial charge in [-0.1, -0.05) is 36.4 Å². The number of methoxy groups -OCH3 is 2. The first-order valence-electron chi connectivity index (χ1n) is 32.2. The van der Waals surface area contributed by atoms with Crippen molar-refractivity contribution >= 4 is 46.4 Å². The predicted molar refractivity (Wildman–Crippen MR) is 354 cm³/mol. The number of anilines is 4. The number of carbonyl (C=O) groups excluding carboxylic acids is 4. The number of pyridine rings is 1. The van der Waals surface area contributed by atoms with Gasteiger partial charge in [-0.05, 0) is 139 Å². The van der Waals surface area contributed by atoms with E-state index in [0.29, 0.717) is 68.3 Å². The molecule has 0 radical (unpaired) electrons. The molecule has 2 unspecified atom stereocenters. The standard InChI is InChI=1S/C27H30FN5O4.C22H27N3O4.C22H27N3O2/c28-22-13-33(26(35)14-34)7-6-25(22)37-24-5-4-17(8-18(24)11-29)16-2-1-3-19(9-16)32-27(36)21-10-20(21)23-12-30-15-31-23;1-27-20-11-15(10-16(13-23)21(20)29-18-5-8-28-9-6-18)19-12-17(4-7-24-19)25-22(26)14-2-3-14;1-27-20-9-10-25(14-20)21-8-7-17(11-18(21)13-23)16-3-2-4-19(12-16)24-22(26)15-5-6-15/h1-5,8-9,12,15,20-22,25,34H,6-7,10-11,13-14,29H2,(H,30,31)(H,32,36);4,7,10-12,14,18H,2-3,5-6,8-9,13,23H2,1H3,(H,24,25,26);2-4,7-8,11-12,15,20H,5-6,9-10,13-14,23H2,1H3,(H,24,26)/t20?,21?,22-,25+;;20-/m1.0/s1. The van der Waals surface area contributed by atoms with Gasteiger partial charge in [-0.25, -0.2) is 9.37 Å². The molecule has 6 fully saturated rings. The number of nitrogens with two attached hydrogens (primary N) is 3. The Hall–Kier alpha value is -8.77. The molecule has 6 aliphatic rings. The summed E-state index contributed by atoms with van der Waals surface area (Å²) < 4.78 is 43.4. The maximum absolute atomic E-state index is 14.7. The predicted octanol–water partition coefficient (Wildman–Crippen LogP) is 9.10. The van der Waals surface area contributed by atoms with Crippen molar-refractivity contribution < 1.29 is 52.4 Å². The normalized spacial score (nSPS) is 20.1. The molecule has 5 atom stereocenters. The average molecular weight is 1270 g/mol. The number of amides is 4. The fourth-order valence-electron chi connectivity index (χ4n) is 12.1. The highest BCUT2D eigenvalue weighted by atomic mass is 19.1. The summed E-state index contributed by atoms with van der Waals surface area (Å²) in [7, 11) is 3.39. The number of aromatic nitrogens is 3. The van der Waals surface area contributed by atoms with Crippen LogP contribution in [-0.4, -0.2) is 133 Å². The number of nitrogens with zero attached hydrogens (tertiary/aromatic N) is 4. The molecule has 3 saturated heterocycles. The van der Waals surface area contributed by atoms with E-state index in [1.54, 1.807) is 45.1 Å². The molecule has 13 rings (SSSR count). The second kappa shape index (κ2) is 30.8. The van der Waals surface area contributed by atoms with Crippen molar-refractivity contribution in [2.24, 2.45) is 35.0 Å². The number of ether oxygens (including phenoxy) is 5. The summed E-state index contributed by atoms with van der Waals surface area (Å²) >= 11 is 0. The average Bonchev–Trinajstić information content (AvgIpc) is 1.76. The van der Waals surface area contributed by atoms with E-state index in [-0.39, 0.29) is 60.6 Å². The van der Waals surface area contributed by atoms with Gasteiger partial charge in [0.15, 0.2) is 17.7 Å². The third kappa shape index (κ3) is 16.9. The zero-order chi connectivity index (χ0) is 65.0. The molecule has 0 spiro atoms. The van der Waals surface area contributed by atoms with E-state index in [1.165, 1.54) is 10.6 Å². The number of rotatable bonds is 21. The first kappa shape index (κ1) is 65.7. The Morgan fingerprint density at radius 2 is 1.29 bits per heavy atom. The van der Waals surface area contributed by atoms with Crippen LogP contribution < -0.4 is 52.3 Å². The lowest BCUT2D eigenvalue weighted by Gasteiger charge is -2.34. The van der Waals surface area contributed by atoms with E-state index >= 15 is 0 Å². The number of aliphatic hydroxyl groups is 1. The Kier molecular flexibility index (Phi) is 21.7. The molecule has 3 aliphatic heterocycles. The van der Waals surface area contributed by atoms with Crippen molar-refractivity contribution in [1.29, 1.82) is 0 Å². The Morgan fingerprint density at radius 1 is 0.656 bits per heavy atom. The van der Waals surface area contributed by atoms with Gasteiger partial charge in [0.25, 0.3) is 0 Å². The van der Waals surface area contributed by atoms with Crippen LogP contribution in [0.4, 0.5) is 27.1 Å². The van der Waals surface area contributed by atoms with Gasteiger partial charge >= 0.3 is 0 Å². The van der Waals surface area contributed by atoms with Crippen LogP contribution in [0.25, 0.3) is 33.5 Å². The van der Waals surface area contributed by atoms with E-state index in [0.717, 1.165) is 132 Å². The molecule has 0 bridgehead atoms. The number of hydrogen-bond acceptors (Lipinski definition) is 16. The van der Waals surface area contributed by atoms with Crippen molar-refractivity contribution in [1.82, 2.24) is 19.9 Å². The number of halogens is 1. The fraction of sp³-hybridized carbons (Fsp3) is 0.408. The van der Waals surface area contributed by atoms with Crippen LogP contribution in [0.3, 0.4) is 0 Å². The van der Waals surface area contributed by atoms with E-state index in [1.807, 2.05) is 72.8 Å². The van der Waals surface area contributed by atoms with Crippen molar-refractivity contribution in [3.63, 3.8) is 0 Å². The minimum atomic E-state index is -1.37. The Balaban J connectivity index is 0.000000145.